The molecular weight excluding hydrogens is 308 g/mol. The number of likely N-dealkylation sites (tertiary alicyclic amines) is 1. The van der Waals surface area contributed by atoms with Crippen LogP contribution in [0.25, 0.3) is 0 Å². The van der Waals surface area contributed by atoms with Gasteiger partial charge in [-0.2, -0.15) is 0 Å². The van der Waals surface area contributed by atoms with Crippen molar-refractivity contribution in [3.63, 3.8) is 0 Å². The van der Waals surface area contributed by atoms with Gasteiger partial charge in [0, 0.05) is 30.6 Å². The monoisotopic (exact) mass is 330 g/mol. The molecule has 1 aliphatic heterocycles. The van der Waals surface area contributed by atoms with E-state index in [1.807, 2.05) is 0 Å². The van der Waals surface area contributed by atoms with E-state index in [-0.39, 0.29) is 11.9 Å². The second-order valence-electron chi connectivity index (χ2n) is 6.75. The van der Waals surface area contributed by atoms with Crippen molar-refractivity contribution in [3.05, 3.63) is 34.5 Å². The first-order chi connectivity index (χ1) is 11.7. The lowest BCUT2D eigenvalue weighted by atomic mass is 9.92. The molecule has 7 nitrogen and oxygen atoms in total. The van der Waals surface area contributed by atoms with Gasteiger partial charge in [-0.05, 0) is 45.7 Å². The van der Waals surface area contributed by atoms with Crippen molar-refractivity contribution in [2.24, 2.45) is 0 Å². The van der Waals surface area contributed by atoms with Crippen LogP contribution >= 0.6 is 0 Å². The summed E-state index contributed by atoms with van der Waals surface area (Å²) in [6, 6.07) is 1.74. The molecule has 0 spiro atoms. The van der Waals surface area contributed by atoms with Crippen LogP contribution in [-0.2, 0) is 19.4 Å². The molecule has 1 saturated heterocycles. The van der Waals surface area contributed by atoms with Gasteiger partial charge in [0.1, 0.15) is 17.2 Å². The first-order valence-electron chi connectivity index (χ1n) is 8.62. The summed E-state index contributed by atoms with van der Waals surface area (Å²) >= 11 is 0. The van der Waals surface area contributed by atoms with Gasteiger partial charge in [0.05, 0.1) is 0 Å². The van der Waals surface area contributed by atoms with Crippen LogP contribution in [0.4, 0.5) is 0 Å². The molecule has 1 N–H and O–H groups in total. The fraction of sp³-hybridized carbons (Fsp3) is 0.588. The van der Waals surface area contributed by atoms with Gasteiger partial charge in [0.15, 0.2) is 5.69 Å². The Hall–Kier alpha value is -2.15. The number of rotatable bonds is 4. The van der Waals surface area contributed by atoms with Crippen molar-refractivity contribution in [3.8, 4) is 0 Å². The normalized spacial score (nSPS) is 21.0. The maximum absolute atomic E-state index is 12.3. The Morgan fingerprint density at radius 3 is 2.92 bits per heavy atom. The maximum atomic E-state index is 12.3. The molecule has 0 saturated carbocycles. The molecule has 0 aromatic carbocycles. The van der Waals surface area contributed by atoms with E-state index in [0.717, 1.165) is 50.4 Å². The van der Waals surface area contributed by atoms with E-state index in [0.29, 0.717) is 11.5 Å². The van der Waals surface area contributed by atoms with E-state index >= 15 is 0 Å². The van der Waals surface area contributed by atoms with E-state index in [9.17, 15) is 4.79 Å². The number of fused-ring (bicyclic) bond motifs is 1. The van der Waals surface area contributed by atoms with Crippen LogP contribution in [0, 0.1) is 6.92 Å². The van der Waals surface area contributed by atoms with Crippen molar-refractivity contribution in [2.75, 3.05) is 13.1 Å². The van der Waals surface area contributed by atoms with Crippen molar-refractivity contribution < 1.29 is 13.8 Å². The molecule has 1 aliphatic carbocycles. The zero-order valence-electron chi connectivity index (χ0n) is 13.9. The molecule has 1 fully saturated rings. The lowest BCUT2D eigenvalue weighted by Gasteiger charge is -2.22. The molecule has 0 bridgehead atoms. The average molecular weight is 330 g/mol. The van der Waals surface area contributed by atoms with Crippen molar-refractivity contribution in [1.82, 2.24) is 20.5 Å². The Labute approximate surface area is 140 Å². The fourth-order valence-electron chi connectivity index (χ4n) is 3.60. The van der Waals surface area contributed by atoms with Gasteiger partial charge in [-0.3, -0.25) is 9.69 Å². The van der Waals surface area contributed by atoms with Crippen LogP contribution in [-0.4, -0.2) is 40.3 Å². The van der Waals surface area contributed by atoms with Gasteiger partial charge in [0.25, 0.3) is 5.91 Å². The van der Waals surface area contributed by atoms with Crippen LogP contribution in [0.2, 0.25) is 0 Å². The first kappa shape index (κ1) is 15.4. The standard InChI is InChI=1S/C17H22N4O3/c1-11-8-14(19-23-11)17(22)18-12-4-5-16-13(9-12)15(20-24-16)10-21-6-2-3-7-21/h8,12H,2-7,9-10H2,1H3,(H,18,22). The average Bonchev–Trinajstić information content (AvgIpc) is 3.30. The third-order valence-electron chi connectivity index (χ3n) is 4.89. The Balaban J connectivity index is 1.42. The molecule has 1 unspecified atom stereocenters. The second-order valence-corrected chi connectivity index (χ2v) is 6.75. The summed E-state index contributed by atoms with van der Waals surface area (Å²) in [6.07, 6.45) is 4.95. The summed E-state index contributed by atoms with van der Waals surface area (Å²) in [5.74, 6) is 1.43. The molecule has 24 heavy (non-hydrogen) atoms. The molecule has 7 heteroatoms. The first-order valence-corrected chi connectivity index (χ1v) is 8.62. The van der Waals surface area contributed by atoms with Gasteiger partial charge in [-0.25, -0.2) is 0 Å². The highest BCUT2D eigenvalue weighted by Gasteiger charge is 2.28. The van der Waals surface area contributed by atoms with E-state index < -0.39 is 0 Å². The molecule has 128 valence electrons. The second kappa shape index (κ2) is 6.39. The number of carbonyl (C=O) groups excluding carboxylic acids is 1. The molecule has 3 heterocycles. The van der Waals surface area contributed by atoms with E-state index in [1.165, 1.54) is 18.4 Å². The summed E-state index contributed by atoms with van der Waals surface area (Å²) in [5.41, 5.74) is 2.54. The number of aromatic nitrogens is 2. The minimum Gasteiger partial charge on any atom is -0.361 e. The van der Waals surface area contributed by atoms with Gasteiger partial charge < -0.3 is 14.4 Å². The Morgan fingerprint density at radius 1 is 1.33 bits per heavy atom. The molecule has 2 aliphatic rings. The summed E-state index contributed by atoms with van der Waals surface area (Å²) in [5, 5.41) is 11.1. The molecule has 1 atom stereocenters. The predicted octanol–water partition coefficient (Wildman–Crippen LogP) is 1.85. The predicted molar refractivity (Wildman–Crippen MR) is 85.5 cm³/mol. The number of hydrogen-bond donors (Lipinski definition) is 1. The Kier molecular flexibility index (Phi) is 4.10. The smallest absolute Gasteiger partial charge is 0.273 e. The molecule has 2 aromatic heterocycles. The quantitative estimate of drug-likeness (QED) is 0.921. The van der Waals surface area contributed by atoms with E-state index in [4.69, 9.17) is 9.05 Å². The topological polar surface area (TPSA) is 84.4 Å². The maximum Gasteiger partial charge on any atom is 0.273 e. The molecule has 1 amide bonds. The van der Waals surface area contributed by atoms with Crippen LogP contribution in [0.5, 0.6) is 0 Å². The van der Waals surface area contributed by atoms with Crippen molar-refractivity contribution in [2.45, 2.75) is 51.6 Å². The summed E-state index contributed by atoms with van der Waals surface area (Å²) in [6.45, 7) is 4.89. The number of hydrogen-bond acceptors (Lipinski definition) is 6. The van der Waals surface area contributed by atoms with E-state index in [1.54, 1.807) is 13.0 Å². The van der Waals surface area contributed by atoms with Crippen LogP contribution in [0.1, 0.15) is 52.5 Å². The van der Waals surface area contributed by atoms with Gasteiger partial charge in [-0.1, -0.05) is 10.3 Å². The van der Waals surface area contributed by atoms with Crippen molar-refractivity contribution >= 4 is 5.91 Å². The molecule has 4 rings (SSSR count). The largest absolute Gasteiger partial charge is 0.361 e. The van der Waals surface area contributed by atoms with Gasteiger partial charge >= 0.3 is 0 Å². The summed E-state index contributed by atoms with van der Waals surface area (Å²) in [4.78, 5) is 14.7. The Morgan fingerprint density at radius 2 is 2.17 bits per heavy atom. The highest BCUT2D eigenvalue weighted by Crippen LogP contribution is 2.26. The lowest BCUT2D eigenvalue weighted by Crippen LogP contribution is -2.39. The number of nitrogens with zero attached hydrogens (tertiary/aromatic N) is 3. The highest BCUT2D eigenvalue weighted by molar-refractivity contribution is 5.92. The SMILES string of the molecule is Cc1cc(C(=O)NC2CCc3onc(CN4CCCC4)c3C2)no1. The fourth-order valence-corrected chi connectivity index (χ4v) is 3.60. The van der Waals surface area contributed by atoms with Crippen molar-refractivity contribution in [1.29, 1.82) is 0 Å². The minimum absolute atomic E-state index is 0.0822. The van der Waals surface area contributed by atoms with Gasteiger partial charge in [-0.15, -0.1) is 0 Å². The summed E-state index contributed by atoms with van der Waals surface area (Å²) in [7, 11) is 0. The lowest BCUT2D eigenvalue weighted by molar-refractivity contribution is 0.0923. The zero-order chi connectivity index (χ0) is 16.5. The van der Waals surface area contributed by atoms with Crippen LogP contribution in [0.15, 0.2) is 15.1 Å². The third-order valence-corrected chi connectivity index (χ3v) is 4.89. The molecular formula is C17H22N4O3. The number of aryl methyl sites for hydroxylation is 2. The number of carbonyl (C=O) groups is 1. The van der Waals surface area contributed by atoms with Gasteiger partial charge in [0.2, 0.25) is 0 Å². The number of nitrogens with one attached hydrogen (secondary N) is 1. The molecule has 2 aromatic rings. The third kappa shape index (κ3) is 3.08. The summed E-state index contributed by atoms with van der Waals surface area (Å²) < 4.78 is 10.5. The zero-order valence-corrected chi connectivity index (χ0v) is 13.9. The minimum atomic E-state index is -0.183. The molecule has 0 radical (unpaired) electrons. The Bertz CT molecular complexity index is 730. The van der Waals surface area contributed by atoms with E-state index in [2.05, 4.69) is 20.5 Å². The number of amides is 1. The van der Waals surface area contributed by atoms with Crippen LogP contribution in [0.3, 0.4) is 0 Å². The highest BCUT2D eigenvalue weighted by atomic mass is 16.5. The van der Waals surface area contributed by atoms with Crippen LogP contribution < -0.4 is 5.32 Å².